The van der Waals surface area contributed by atoms with Crippen LogP contribution in [0.25, 0.3) is 0 Å². The summed E-state index contributed by atoms with van der Waals surface area (Å²) in [5.41, 5.74) is 3.37. The van der Waals surface area contributed by atoms with Crippen LogP contribution in [0.15, 0.2) is 42.5 Å². The minimum absolute atomic E-state index is 0.168. The van der Waals surface area contributed by atoms with Gasteiger partial charge in [0, 0.05) is 40.6 Å². The van der Waals surface area contributed by atoms with E-state index in [4.69, 9.17) is 4.74 Å². The summed E-state index contributed by atoms with van der Waals surface area (Å²) in [5.74, 6) is -1.96. The zero-order chi connectivity index (χ0) is 31.7. The topological polar surface area (TPSA) is 63.6 Å². The van der Waals surface area contributed by atoms with Crippen LogP contribution in [0, 0.1) is 17.3 Å². The lowest BCUT2D eigenvalue weighted by Crippen LogP contribution is -2.45. The Morgan fingerprint density at radius 2 is 1.68 bits per heavy atom. The third-order valence-corrected chi connectivity index (χ3v) is 11.8. The zero-order valence-electron chi connectivity index (χ0n) is 25.0. The van der Waals surface area contributed by atoms with Crippen molar-refractivity contribution in [1.29, 1.82) is 0 Å². The fraction of sp³-hybridized carbons (Fsp3) is 0.618. The molecule has 0 saturated heterocycles. The van der Waals surface area contributed by atoms with Gasteiger partial charge in [0.05, 0.1) is 6.61 Å². The highest BCUT2D eigenvalue weighted by Gasteiger charge is 2.58. The van der Waals surface area contributed by atoms with E-state index in [1.807, 2.05) is 18.2 Å². The van der Waals surface area contributed by atoms with Gasteiger partial charge in [0.15, 0.2) is 0 Å². The van der Waals surface area contributed by atoms with Crippen LogP contribution in [0.2, 0.25) is 0 Å². The molecule has 2 saturated carbocycles. The largest absolute Gasteiger partial charge is 0.508 e. The second-order valence-electron chi connectivity index (χ2n) is 13.0. The Balaban J connectivity index is 1.13. The van der Waals surface area contributed by atoms with Gasteiger partial charge in [-0.3, -0.25) is 9.00 Å². The molecule has 2 aromatic carbocycles. The number of aromatic hydroxyl groups is 1. The molecule has 1 unspecified atom stereocenters. The van der Waals surface area contributed by atoms with Crippen molar-refractivity contribution >= 4 is 16.6 Å². The number of alkyl halides is 5. The Morgan fingerprint density at radius 3 is 2.41 bits per heavy atom. The number of hydrogen-bond acceptors (Lipinski definition) is 4. The summed E-state index contributed by atoms with van der Waals surface area (Å²) in [4.78, 5) is 13.1. The first-order valence-electron chi connectivity index (χ1n) is 15.7. The quantitative estimate of drug-likeness (QED) is 0.187. The number of halogens is 5. The van der Waals surface area contributed by atoms with Crippen LogP contribution in [-0.2, 0) is 22.0 Å². The number of fused-ring (bicyclic) bond motifs is 5. The number of rotatable bonds is 12. The molecule has 2 aromatic rings. The van der Waals surface area contributed by atoms with Crippen LogP contribution in [0.5, 0.6) is 11.5 Å². The second-order valence-corrected chi connectivity index (χ2v) is 14.7. The molecule has 0 heterocycles. The van der Waals surface area contributed by atoms with Gasteiger partial charge in [-0.2, -0.15) is 22.0 Å². The molecule has 10 heteroatoms. The molecule has 0 spiro atoms. The molecule has 1 N–H and O–H groups in total. The van der Waals surface area contributed by atoms with Gasteiger partial charge in [0.2, 0.25) is 0 Å². The highest BCUT2D eigenvalue weighted by atomic mass is 32.2. The molecule has 3 aliphatic carbocycles. The maximum atomic E-state index is 13.1. The van der Waals surface area contributed by atoms with Crippen molar-refractivity contribution in [2.24, 2.45) is 17.3 Å². The predicted molar refractivity (Wildman–Crippen MR) is 160 cm³/mol. The van der Waals surface area contributed by atoms with Gasteiger partial charge in [-0.25, -0.2) is 0 Å². The molecule has 0 aliphatic heterocycles. The molecular formula is C34H41F5O4S. The fourth-order valence-electron chi connectivity index (χ4n) is 8.03. The van der Waals surface area contributed by atoms with Crippen molar-refractivity contribution in [3.05, 3.63) is 59.2 Å². The number of aryl methyl sites for hydroxylation is 1. The van der Waals surface area contributed by atoms with Crippen LogP contribution < -0.4 is 4.74 Å². The third kappa shape index (κ3) is 6.85. The van der Waals surface area contributed by atoms with Gasteiger partial charge >= 0.3 is 12.1 Å². The molecule has 0 aromatic heterocycles. The summed E-state index contributed by atoms with van der Waals surface area (Å²) in [7, 11) is -1.43. The Bertz CT molecular complexity index is 1340. The lowest BCUT2D eigenvalue weighted by molar-refractivity contribution is -0.284. The molecule has 3 aliphatic rings. The van der Waals surface area contributed by atoms with Crippen LogP contribution in [0.4, 0.5) is 22.0 Å². The number of phenolic OH excluding ortho intramolecular Hbond substituents is 1. The minimum Gasteiger partial charge on any atom is -0.508 e. The summed E-state index contributed by atoms with van der Waals surface area (Å²) in [6.07, 6.45) is -1.01. The Kier molecular flexibility index (Phi) is 9.78. The molecule has 44 heavy (non-hydrogen) atoms. The summed E-state index contributed by atoms with van der Waals surface area (Å²) >= 11 is 0. The van der Waals surface area contributed by atoms with E-state index in [9.17, 15) is 36.1 Å². The first-order chi connectivity index (χ1) is 20.8. The average Bonchev–Trinajstić information content (AvgIpc) is 3.27. The molecule has 4 nitrogen and oxygen atoms in total. The molecular weight excluding hydrogens is 599 g/mol. The summed E-state index contributed by atoms with van der Waals surface area (Å²) in [5, 5.41) is 10.1. The number of carbonyl (C=O) groups excluding carboxylic acids is 1. The van der Waals surface area contributed by atoms with Gasteiger partial charge in [-0.05, 0) is 116 Å². The summed E-state index contributed by atoms with van der Waals surface area (Å²) < 4.78 is 80.6. The highest BCUT2D eigenvalue weighted by Crippen LogP contribution is 2.64. The average molecular weight is 641 g/mol. The lowest BCUT2D eigenvalue weighted by atomic mass is 9.51. The Hall–Kier alpha value is -2.49. The van der Waals surface area contributed by atoms with Crippen molar-refractivity contribution in [3.63, 3.8) is 0 Å². The number of phenols is 1. The van der Waals surface area contributed by atoms with Crippen molar-refractivity contribution in [3.8, 4) is 11.5 Å². The standard InChI is InChI=1S/C34H41F5O4S/c1-32-21-28(31-26-13-9-24(40)20-23(26)8-12-27(31)29(32)14-15-30(32)41)22-6-10-25(11-7-22)43-17-3-2-4-18-44(42)19-5-16-33(35,36)34(37,38)39/h6-7,9-11,13,20,27-29,31,40H,2-5,8,12,14-19,21H2,1H3/t27-,28+,29-,31+,32-,44?/m0/s1. The maximum Gasteiger partial charge on any atom is 0.453 e. The number of benzene rings is 2. The third-order valence-electron chi connectivity index (χ3n) is 10.3. The van der Waals surface area contributed by atoms with Crippen LogP contribution >= 0.6 is 0 Å². The van der Waals surface area contributed by atoms with Gasteiger partial charge in [-0.15, -0.1) is 0 Å². The van der Waals surface area contributed by atoms with E-state index in [0.29, 0.717) is 55.8 Å². The monoisotopic (exact) mass is 640 g/mol. The Morgan fingerprint density at radius 1 is 0.955 bits per heavy atom. The van der Waals surface area contributed by atoms with Crippen molar-refractivity contribution in [2.75, 3.05) is 18.1 Å². The van der Waals surface area contributed by atoms with Gasteiger partial charge in [-0.1, -0.05) is 25.1 Å². The van der Waals surface area contributed by atoms with E-state index in [2.05, 4.69) is 25.1 Å². The summed E-state index contributed by atoms with van der Waals surface area (Å²) in [6, 6.07) is 13.9. The van der Waals surface area contributed by atoms with Gasteiger partial charge in [0.25, 0.3) is 0 Å². The van der Waals surface area contributed by atoms with Gasteiger partial charge in [0.1, 0.15) is 17.3 Å². The number of carbonyl (C=O) groups is 1. The van der Waals surface area contributed by atoms with Crippen molar-refractivity contribution < 1.29 is 40.8 Å². The molecule has 5 rings (SSSR count). The van der Waals surface area contributed by atoms with E-state index in [-0.39, 0.29) is 28.6 Å². The fourth-order valence-corrected chi connectivity index (χ4v) is 9.23. The van der Waals surface area contributed by atoms with Crippen molar-refractivity contribution in [2.45, 2.75) is 95.1 Å². The minimum atomic E-state index is -5.57. The van der Waals surface area contributed by atoms with Crippen LogP contribution in [0.3, 0.4) is 0 Å². The van der Waals surface area contributed by atoms with E-state index >= 15 is 0 Å². The molecule has 2 fully saturated rings. The van der Waals surface area contributed by atoms with E-state index in [0.717, 1.165) is 31.4 Å². The molecule has 242 valence electrons. The van der Waals surface area contributed by atoms with Crippen LogP contribution in [-0.4, -0.2) is 45.3 Å². The smallest absolute Gasteiger partial charge is 0.453 e. The maximum absolute atomic E-state index is 13.1. The van der Waals surface area contributed by atoms with Gasteiger partial charge < -0.3 is 9.84 Å². The predicted octanol–water partition coefficient (Wildman–Crippen LogP) is 8.49. The number of Topliss-reactive ketones (excluding diaryl/α,β-unsaturated/α-hetero) is 1. The highest BCUT2D eigenvalue weighted by molar-refractivity contribution is 7.84. The van der Waals surface area contributed by atoms with E-state index < -0.39 is 35.7 Å². The second kappa shape index (κ2) is 13.1. The molecule has 0 radical (unpaired) electrons. The summed E-state index contributed by atoms with van der Waals surface area (Å²) in [6.45, 7) is 2.62. The molecule has 6 atom stereocenters. The molecule has 0 bridgehead atoms. The lowest BCUT2D eigenvalue weighted by Gasteiger charge is -2.52. The van der Waals surface area contributed by atoms with Crippen LogP contribution in [0.1, 0.15) is 93.2 Å². The van der Waals surface area contributed by atoms with Crippen molar-refractivity contribution in [1.82, 2.24) is 0 Å². The number of ether oxygens (including phenoxy) is 1. The zero-order valence-corrected chi connectivity index (χ0v) is 25.8. The van der Waals surface area contributed by atoms with E-state index in [1.54, 1.807) is 6.07 Å². The number of unbranched alkanes of at least 4 members (excludes halogenated alkanes) is 2. The van der Waals surface area contributed by atoms with E-state index in [1.165, 1.54) is 16.7 Å². The SMILES string of the molecule is C[C@]12C[C@H](c3ccc(OCCCCCS(=O)CCCC(F)(F)C(F)(F)F)cc3)[C@@H]3c4ccc(O)cc4CC[C@H]3[C@@H]1CCC2=O. The normalized spacial score (nSPS) is 27.4. The number of ketones is 1. The number of hydrogen-bond donors (Lipinski definition) is 1. The first-order valence-corrected chi connectivity index (χ1v) is 17.2. The molecule has 0 amide bonds. The Labute approximate surface area is 258 Å². The first kappa shape index (κ1) is 32.9.